The number of benzene rings is 1. The average molecular weight is 314 g/mol. The molecule has 1 atom stereocenters. The lowest BCUT2D eigenvalue weighted by atomic mass is 9.87. The van der Waals surface area contributed by atoms with Crippen molar-refractivity contribution in [1.29, 1.82) is 0 Å². The normalized spacial score (nSPS) is 21.9. The van der Waals surface area contributed by atoms with Crippen molar-refractivity contribution in [1.82, 2.24) is 5.32 Å². The Morgan fingerprint density at radius 3 is 2.83 bits per heavy atom. The Bertz CT molecular complexity index is 473. The molecule has 0 heterocycles. The van der Waals surface area contributed by atoms with E-state index < -0.39 is 5.82 Å². The van der Waals surface area contributed by atoms with Crippen molar-refractivity contribution in [2.75, 3.05) is 0 Å². The van der Waals surface area contributed by atoms with Gasteiger partial charge in [-0.1, -0.05) is 20.3 Å². The monoisotopic (exact) mass is 313 g/mol. The number of carbonyl (C=O) groups excluding carboxylic acids is 1. The number of nitrogens with one attached hydrogen (secondary N) is 1. The van der Waals surface area contributed by atoms with Gasteiger partial charge in [-0.3, -0.25) is 4.79 Å². The van der Waals surface area contributed by atoms with E-state index in [1.54, 1.807) is 6.07 Å². The second-order valence-corrected chi connectivity index (χ2v) is 6.39. The zero-order valence-corrected chi connectivity index (χ0v) is 12.2. The highest BCUT2D eigenvalue weighted by molar-refractivity contribution is 9.10. The van der Waals surface area contributed by atoms with Crippen LogP contribution in [0, 0.1) is 11.2 Å². The summed E-state index contributed by atoms with van der Waals surface area (Å²) in [6.07, 6.45) is 3.23. The molecule has 0 aliphatic heterocycles. The smallest absolute Gasteiger partial charge is 0.252 e. The third-order valence-electron chi connectivity index (χ3n) is 3.74. The van der Waals surface area contributed by atoms with Gasteiger partial charge in [-0.2, -0.15) is 0 Å². The molecule has 2 rings (SSSR count). The first-order valence-corrected chi connectivity index (χ1v) is 6.95. The molecule has 2 nitrogen and oxygen atoms in total. The van der Waals surface area contributed by atoms with Crippen LogP contribution in [-0.4, -0.2) is 11.9 Å². The Balaban J connectivity index is 2.15. The Morgan fingerprint density at radius 1 is 1.50 bits per heavy atom. The minimum absolute atomic E-state index is 0.120. The molecular formula is C14H17BrFNO. The summed E-state index contributed by atoms with van der Waals surface area (Å²) in [6.45, 7) is 4.32. The predicted octanol–water partition coefficient (Wildman–Crippen LogP) is 3.90. The maximum atomic E-state index is 13.2. The molecule has 0 saturated heterocycles. The van der Waals surface area contributed by atoms with Crippen LogP contribution in [0.25, 0.3) is 0 Å². The molecule has 1 N–H and O–H groups in total. The van der Waals surface area contributed by atoms with E-state index in [2.05, 4.69) is 35.1 Å². The summed E-state index contributed by atoms with van der Waals surface area (Å²) < 4.78 is 13.8. The molecule has 1 aliphatic carbocycles. The van der Waals surface area contributed by atoms with Crippen LogP contribution in [0.5, 0.6) is 0 Å². The van der Waals surface area contributed by atoms with E-state index in [-0.39, 0.29) is 17.4 Å². The summed E-state index contributed by atoms with van der Waals surface area (Å²) in [5, 5.41) is 3.02. The third-order valence-corrected chi connectivity index (χ3v) is 4.43. The van der Waals surface area contributed by atoms with Crippen LogP contribution in [0.2, 0.25) is 0 Å². The van der Waals surface area contributed by atoms with Crippen LogP contribution in [0.4, 0.5) is 4.39 Å². The van der Waals surface area contributed by atoms with E-state index in [0.29, 0.717) is 10.0 Å². The van der Waals surface area contributed by atoms with Crippen molar-refractivity contribution in [2.24, 2.45) is 5.41 Å². The summed E-state index contributed by atoms with van der Waals surface area (Å²) in [6, 6.07) is 4.33. The molecule has 1 amide bonds. The van der Waals surface area contributed by atoms with E-state index >= 15 is 0 Å². The van der Waals surface area contributed by atoms with Gasteiger partial charge >= 0.3 is 0 Å². The van der Waals surface area contributed by atoms with Gasteiger partial charge in [-0.05, 0) is 52.4 Å². The van der Waals surface area contributed by atoms with Crippen LogP contribution in [-0.2, 0) is 0 Å². The van der Waals surface area contributed by atoms with E-state index in [0.717, 1.165) is 19.3 Å². The summed E-state index contributed by atoms with van der Waals surface area (Å²) in [4.78, 5) is 12.2. The number of hydrogen-bond acceptors (Lipinski definition) is 1. The van der Waals surface area contributed by atoms with Crippen molar-refractivity contribution in [3.63, 3.8) is 0 Å². The first-order valence-electron chi connectivity index (χ1n) is 6.16. The molecule has 0 spiro atoms. The number of halogens is 2. The summed E-state index contributed by atoms with van der Waals surface area (Å²) in [5.74, 6) is -0.601. The Kier molecular flexibility index (Phi) is 3.76. The molecule has 1 aromatic rings. The molecule has 0 radical (unpaired) electrons. The maximum absolute atomic E-state index is 13.2. The summed E-state index contributed by atoms with van der Waals surface area (Å²) >= 11 is 3.28. The van der Waals surface area contributed by atoms with Gasteiger partial charge in [0.05, 0.1) is 5.56 Å². The lowest BCUT2D eigenvalue weighted by Crippen LogP contribution is -2.41. The highest BCUT2D eigenvalue weighted by Gasteiger charge is 2.35. The Labute approximate surface area is 115 Å². The van der Waals surface area contributed by atoms with Gasteiger partial charge in [0, 0.05) is 10.5 Å². The number of amides is 1. The molecule has 0 bridgehead atoms. The van der Waals surface area contributed by atoms with Gasteiger partial charge in [0.2, 0.25) is 0 Å². The van der Waals surface area contributed by atoms with Crippen molar-refractivity contribution in [3.05, 3.63) is 34.1 Å². The van der Waals surface area contributed by atoms with Gasteiger partial charge in [-0.25, -0.2) is 4.39 Å². The van der Waals surface area contributed by atoms with Gasteiger partial charge in [0.25, 0.3) is 5.91 Å². The quantitative estimate of drug-likeness (QED) is 0.881. The zero-order chi connectivity index (χ0) is 13.3. The Hall–Kier alpha value is -0.900. The number of rotatable bonds is 2. The van der Waals surface area contributed by atoms with Crippen LogP contribution in [0.3, 0.4) is 0 Å². The first kappa shape index (κ1) is 13.5. The molecule has 1 aromatic carbocycles. The fourth-order valence-corrected chi connectivity index (χ4v) is 2.93. The standard InChI is InChI=1S/C14H17BrFNO/c1-14(2)7-3-4-12(14)17-13(18)10-8-9(16)5-6-11(10)15/h5-6,8,12H,3-4,7H2,1-2H3,(H,17,18). The summed E-state index contributed by atoms with van der Waals surface area (Å²) in [7, 11) is 0. The minimum atomic E-state index is -0.394. The molecular weight excluding hydrogens is 297 g/mol. The highest BCUT2D eigenvalue weighted by atomic mass is 79.9. The lowest BCUT2D eigenvalue weighted by Gasteiger charge is -2.27. The van der Waals surface area contributed by atoms with Gasteiger partial charge in [-0.15, -0.1) is 0 Å². The van der Waals surface area contributed by atoms with Crippen LogP contribution in [0.1, 0.15) is 43.5 Å². The van der Waals surface area contributed by atoms with Crippen LogP contribution < -0.4 is 5.32 Å². The number of carbonyl (C=O) groups is 1. The van der Waals surface area contributed by atoms with Crippen molar-refractivity contribution >= 4 is 21.8 Å². The van der Waals surface area contributed by atoms with Crippen LogP contribution in [0.15, 0.2) is 22.7 Å². The number of hydrogen-bond donors (Lipinski definition) is 1. The zero-order valence-electron chi connectivity index (χ0n) is 10.6. The first-order chi connectivity index (χ1) is 8.40. The fraction of sp³-hybridized carbons (Fsp3) is 0.500. The van der Waals surface area contributed by atoms with Crippen molar-refractivity contribution < 1.29 is 9.18 Å². The van der Waals surface area contributed by atoms with E-state index in [9.17, 15) is 9.18 Å². The van der Waals surface area contributed by atoms with Crippen molar-refractivity contribution in [3.8, 4) is 0 Å². The molecule has 18 heavy (non-hydrogen) atoms. The average Bonchev–Trinajstić information content (AvgIpc) is 2.62. The van der Waals surface area contributed by atoms with Crippen LogP contribution >= 0.6 is 15.9 Å². The van der Waals surface area contributed by atoms with E-state index in [1.165, 1.54) is 12.1 Å². The molecule has 1 unspecified atom stereocenters. The minimum Gasteiger partial charge on any atom is -0.349 e. The molecule has 0 aromatic heterocycles. The Morgan fingerprint density at radius 2 is 2.22 bits per heavy atom. The van der Waals surface area contributed by atoms with Gasteiger partial charge < -0.3 is 5.32 Å². The predicted molar refractivity (Wildman–Crippen MR) is 73.0 cm³/mol. The lowest BCUT2D eigenvalue weighted by molar-refractivity contribution is 0.0909. The highest BCUT2D eigenvalue weighted by Crippen LogP contribution is 2.37. The maximum Gasteiger partial charge on any atom is 0.252 e. The third kappa shape index (κ3) is 2.74. The SMILES string of the molecule is CC1(C)CCCC1NC(=O)c1cc(F)ccc1Br. The molecule has 1 aliphatic rings. The second-order valence-electron chi connectivity index (χ2n) is 5.53. The van der Waals surface area contributed by atoms with E-state index in [1.807, 2.05) is 0 Å². The van der Waals surface area contributed by atoms with Gasteiger partial charge in [0.1, 0.15) is 5.82 Å². The molecule has 1 saturated carbocycles. The van der Waals surface area contributed by atoms with Crippen molar-refractivity contribution in [2.45, 2.75) is 39.2 Å². The second kappa shape index (κ2) is 5.00. The molecule has 4 heteroatoms. The largest absolute Gasteiger partial charge is 0.349 e. The fourth-order valence-electron chi connectivity index (χ4n) is 2.50. The van der Waals surface area contributed by atoms with E-state index in [4.69, 9.17) is 0 Å². The molecule has 1 fully saturated rings. The van der Waals surface area contributed by atoms with Gasteiger partial charge in [0.15, 0.2) is 0 Å². The molecule has 98 valence electrons. The topological polar surface area (TPSA) is 29.1 Å². The summed E-state index contributed by atoms with van der Waals surface area (Å²) in [5.41, 5.74) is 0.479.